The highest BCUT2D eigenvalue weighted by Crippen LogP contribution is 2.35. The van der Waals surface area contributed by atoms with Crippen molar-refractivity contribution in [2.75, 3.05) is 5.73 Å². The average Bonchev–Trinajstić information content (AvgIpc) is 3.23. The normalized spacial score (nSPS) is 11.5. The van der Waals surface area contributed by atoms with Gasteiger partial charge in [-0.05, 0) is 35.9 Å². The summed E-state index contributed by atoms with van der Waals surface area (Å²) < 4.78 is 40.7. The molecule has 33 heavy (non-hydrogen) atoms. The van der Waals surface area contributed by atoms with E-state index in [1.54, 1.807) is 30.3 Å². The van der Waals surface area contributed by atoms with Gasteiger partial charge in [0.1, 0.15) is 17.1 Å². The van der Waals surface area contributed by atoms with E-state index in [4.69, 9.17) is 24.8 Å². The molecular weight excluding hydrogens is 454 g/mol. The number of nitrogens with two attached hydrogens (primary N) is 1. The summed E-state index contributed by atoms with van der Waals surface area (Å²) >= 11 is 0. The second-order valence-corrected chi connectivity index (χ2v) is 8.18. The van der Waals surface area contributed by atoms with E-state index < -0.39 is 20.4 Å². The molecule has 10 nitrogen and oxygen atoms in total. The minimum absolute atomic E-state index is 0.199. The Morgan fingerprint density at radius 2 is 1.94 bits per heavy atom. The summed E-state index contributed by atoms with van der Waals surface area (Å²) in [6.07, 6.45) is 3.08. The van der Waals surface area contributed by atoms with Crippen LogP contribution in [0.15, 0.2) is 71.5 Å². The van der Waals surface area contributed by atoms with Crippen LogP contribution < -0.4 is 15.0 Å². The molecule has 3 aromatic heterocycles. The van der Waals surface area contributed by atoms with Crippen LogP contribution in [0.4, 0.5) is 10.2 Å². The molecule has 0 radical (unpaired) electrons. The number of hydrogen-bond donors (Lipinski definition) is 3. The van der Waals surface area contributed by atoms with Crippen LogP contribution in [-0.2, 0) is 22.2 Å². The molecule has 0 aliphatic rings. The van der Waals surface area contributed by atoms with E-state index in [1.807, 2.05) is 12.1 Å². The number of halogens is 1. The highest BCUT2D eigenvalue weighted by Gasteiger charge is 2.20. The van der Waals surface area contributed by atoms with Crippen molar-refractivity contribution in [2.45, 2.75) is 13.2 Å². The Kier molecular flexibility index (Phi) is 6.47. The molecule has 0 atom stereocenters. The van der Waals surface area contributed by atoms with Gasteiger partial charge in [0.15, 0.2) is 5.76 Å². The second kappa shape index (κ2) is 9.47. The Hall–Kier alpha value is -3.63. The van der Waals surface area contributed by atoms with Crippen molar-refractivity contribution in [2.24, 2.45) is 0 Å². The molecule has 1 aromatic carbocycles. The first-order valence-corrected chi connectivity index (χ1v) is 11.1. The quantitative estimate of drug-likeness (QED) is 0.259. The summed E-state index contributed by atoms with van der Waals surface area (Å²) in [5.41, 5.74) is 8.20. The molecular formula is C21H19FN4O6P+. The predicted octanol–water partition coefficient (Wildman–Crippen LogP) is 3.20. The second-order valence-electron chi connectivity index (χ2n) is 6.95. The Morgan fingerprint density at radius 3 is 2.64 bits per heavy atom. The van der Waals surface area contributed by atoms with E-state index >= 15 is 0 Å². The number of phosphoric ester groups is 1. The molecule has 0 spiro atoms. The van der Waals surface area contributed by atoms with Gasteiger partial charge < -0.3 is 19.0 Å². The number of nitrogen functional groups attached to an aromatic ring is 1. The van der Waals surface area contributed by atoms with E-state index in [-0.39, 0.29) is 11.7 Å². The van der Waals surface area contributed by atoms with Gasteiger partial charge in [0.2, 0.25) is 12.6 Å². The number of ether oxygens (including phenoxy) is 1. The molecule has 0 unspecified atom stereocenters. The molecule has 0 fully saturated rings. The van der Waals surface area contributed by atoms with Crippen molar-refractivity contribution in [3.05, 3.63) is 84.1 Å². The third kappa shape index (κ3) is 5.99. The molecule has 12 heteroatoms. The van der Waals surface area contributed by atoms with Crippen molar-refractivity contribution in [3.63, 3.8) is 0 Å². The van der Waals surface area contributed by atoms with Gasteiger partial charge in [-0.15, -0.1) is 0 Å². The van der Waals surface area contributed by atoms with Crippen molar-refractivity contribution in [1.29, 1.82) is 0 Å². The Labute approximate surface area is 187 Å². The highest BCUT2D eigenvalue weighted by atomic mass is 31.2. The fourth-order valence-electron chi connectivity index (χ4n) is 2.97. The zero-order valence-corrected chi connectivity index (χ0v) is 17.9. The van der Waals surface area contributed by atoms with E-state index in [0.29, 0.717) is 29.2 Å². The lowest BCUT2D eigenvalue weighted by molar-refractivity contribution is -0.711. The van der Waals surface area contributed by atoms with Crippen LogP contribution in [0.1, 0.15) is 11.3 Å². The fraction of sp³-hybridized carbons (Fsp3) is 0.0952. The third-order valence-electron chi connectivity index (χ3n) is 4.53. The lowest BCUT2D eigenvalue weighted by atomic mass is 10.1. The van der Waals surface area contributed by atoms with E-state index in [9.17, 15) is 8.96 Å². The topological polar surface area (TPSA) is 145 Å². The highest BCUT2D eigenvalue weighted by molar-refractivity contribution is 7.46. The Bertz CT molecular complexity index is 1290. The lowest BCUT2D eigenvalue weighted by Crippen LogP contribution is -2.38. The molecule has 0 aliphatic heterocycles. The largest absolute Gasteiger partial charge is 0.472 e. The molecule has 0 amide bonds. The predicted molar refractivity (Wildman–Crippen MR) is 113 cm³/mol. The van der Waals surface area contributed by atoms with Gasteiger partial charge in [-0.2, -0.15) is 0 Å². The summed E-state index contributed by atoms with van der Waals surface area (Å²) in [4.78, 5) is 21.6. The number of rotatable bonds is 8. The van der Waals surface area contributed by atoms with Gasteiger partial charge >= 0.3 is 7.82 Å². The lowest BCUT2D eigenvalue weighted by Gasteiger charge is -2.07. The molecule has 170 valence electrons. The molecule has 4 rings (SSSR count). The zero-order chi connectivity index (χ0) is 23.4. The number of aromatic nitrogens is 3. The van der Waals surface area contributed by atoms with Crippen molar-refractivity contribution in [3.8, 4) is 23.0 Å². The molecule has 4 aromatic rings. The van der Waals surface area contributed by atoms with Crippen LogP contribution >= 0.6 is 7.82 Å². The zero-order valence-electron chi connectivity index (χ0n) is 17.0. The minimum atomic E-state index is -4.64. The summed E-state index contributed by atoms with van der Waals surface area (Å²) in [7, 11) is -4.64. The smallest absolute Gasteiger partial charge is 0.439 e. The maximum Gasteiger partial charge on any atom is 0.472 e. The maximum atomic E-state index is 12.9. The summed E-state index contributed by atoms with van der Waals surface area (Å²) in [6, 6.07) is 15.0. The van der Waals surface area contributed by atoms with Crippen LogP contribution in [0.3, 0.4) is 0 Å². The minimum Gasteiger partial charge on any atom is -0.439 e. The number of phosphoric acid groups is 1. The van der Waals surface area contributed by atoms with Gasteiger partial charge in [0, 0.05) is 18.6 Å². The summed E-state index contributed by atoms with van der Waals surface area (Å²) in [5, 5.41) is 4.07. The van der Waals surface area contributed by atoms with Crippen LogP contribution in [0.25, 0.3) is 11.3 Å². The standard InChI is InChI=1S/C21H18FN4O6P/c22-15-5-8-20(24-12-15)31-17-6-3-14(4-7-17)10-16-11-19(32-25-16)18-2-1-9-26(21(18)23)13-30-33(27,28)29/h1-9,11-12,23H,10,13H2,(H2,27,28,29)/p+1. The maximum absolute atomic E-state index is 12.9. The number of hydrogen-bond acceptors (Lipinski definition) is 7. The Balaban J connectivity index is 1.44. The summed E-state index contributed by atoms with van der Waals surface area (Å²) in [6.45, 7) is -0.424. The van der Waals surface area contributed by atoms with Crippen molar-refractivity contribution < 1.29 is 37.1 Å². The van der Waals surface area contributed by atoms with Crippen molar-refractivity contribution in [1.82, 2.24) is 10.1 Å². The van der Waals surface area contributed by atoms with Gasteiger partial charge in [-0.3, -0.25) is 5.73 Å². The van der Waals surface area contributed by atoms with Crippen LogP contribution in [0, 0.1) is 5.82 Å². The third-order valence-corrected chi connectivity index (χ3v) is 4.99. The van der Waals surface area contributed by atoms with E-state index in [0.717, 1.165) is 11.8 Å². The first-order valence-electron chi connectivity index (χ1n) is 9.59. The summed E-state index contributed by atoms with van der Waals surface area (Å²) in [5.74, 6) is 0.998. The molecule has 0 saturated carbocycles. The van der Waals surface area contributed by atoms with E-state index in [2.05, 4.69) is 14.7 Å². The first-order chi connectivity index (χ1) is 15.8. The van der Waals surface area contributed by atoms with Gasteiger partial charge in [0.05, 0.1) is 18.1 Å². The monoisotopic (exact) mass is 473 g/mol. The molecule has 4 N–H and O–H groups in total. The van der Waals surface area contributed by atoms with Crippen molar-refractivity contribution >= 4 is 13.6 Å². The Morgan fingerprint density at radius 1 is 1.15 bits per heavy atom. The fourth-order valence-corrected chi connectivity index (χ4v) is 3.25. The molecule has 0 bridgehead atoms. The van der Waals surface area contributed by atoms with Gasteiger partial charge in [-0.1, -0.05) is 17.3 Å². The number of nitrogens with zero attached hydrogens (tertiary/aromatic N) is 3. The van der Waals surface area contributed by atoms with Crippen LogP contribution in [0.5, 0.6) is 11.6 Å². The van der Waals surface area contributed by atoms with Gasteiger partial charge in [0.25, 0.3) is 5.82 Å². The number of benzene rings is 1. The number of pyridine rings is 2. The van der Waals surface area contributed by atoms with Gasteiger partial charge in [-0.25, -0.2) is 23.0 Å². The molecule has 0 aliphatic carbocycles. The average molecular weight is 473 g/mol. The molecule has 3 heterocycles. The van der Waals surface area contributed by atoms with E-state index in [1.165, 1.54) is 22.9 Å². The number of anilines is 1. The first kappa shape index (κ1) is 22.6. The van der Waals surface area contributed by atoms with Crippen LogP contribution in [-0.4, -0.2) is 19.9 Å². The molecule has 0 saturated heterocycles. The SMILES string of the molecule is Nc1c(-c2cc(Cc3ccc(Oc4ccc(F)cn4)cc3)no2)ccc[n+]1COP(=O)(O)O. The van der Waals surface area contributed by atoms with Crippen LogP contribution in [0.2, 0.25) is 0 Å².